The van der Waals surface area contributed by atoms with Gasteiger partial charge in [0.1, 0.15) is 17.4 Å². The highest BCUT2D eigenvalue weighted by Crippen LogP contribution is 2.19. The summed E-state index contributed by atoms with van der Waals surface area (Å²) in [4.78, 5) is 18.9. The summed E-state index contributed by atoms with van der Waals surface area (Å²) in [6.45, 7) is 1.76. The van der Waals surface area contributed by atoms with Gasteiger partial charge in [0.25, 0.3) is 5.56 Å². The van der Waals surface area contributed by atoms with Crippen molar-refractivity contribution in [2.45, 2.75) is 6.92 Å². The highest BCUT2D eigenvalue weighted by molar-refractivity contribution is 5.82. The predicted molar refractivity (Wildman–Crippen MR) is 97.4 cm³/mol. The molecule has 0 atom stereocenters. The molecule has 3 aromatic rings. The highest BCUT2D eigenvalue weighted by Gasteiger charge is 2.12. The van der Waals surface area contributed by atoms with Crippen LogP contribution in [-0.2, 0) is 0 Å². The summed E-state index contributed by atoms with van der Waals surface area (Å²) in [5.41, 5.74) is 4.37. The van der Waals surface area contributed by atoms with Crippen molar-refractivity contribution in [1.29, 1.82) is 5.26 Å². The van der Waals surface area contributed by atoms with Gasteiger partial charge in [0.05, 0.1) is 11.9 Å². The second-order valence-electron chi connectivity index (χ2n) is 5.49. The molecule has 0 aliphatic heterocycles. The number of hydrazone groups is 1. The maximum atomic E-state index is 13.1. The normalized spacial score (nSPS) is 10.7. The minimum atomic E-state index is -0.558. The molecule has 0 saturated heterocycles. The summed E-state index contributed by atoms with van der Waals surface area (Å²) in [7, 11) is 0. The topological polar surface area (TPSA) is 93.9 Å². The van der Waals surface area contributed by atoms with E-state index in [9.17, 15) is 14.4 Å². The zero-order valence-corrected chi connectivity index (χ0v) is 13.8. The van der Waals surface area contributed by atoms with E-state index in [1.807, 2.05) is 12.1 Å². The van der Waals surface area contributed by atoms with Crippen molar-refractivity contribution in [3.63, 3.8) is 0 Å². The van der Waals surface area contributed by atoms with Gasteiger partial charge in [-0.15, -0.1) is 0 Å². The van der Waals surface area contributed by atoms with Gasteiger partial charge in [-0.3, -0.25) is 9.78 Å². The van der Waals surface area contributed by atoms with Gasteiger partial charge < -0.3 is 0 Å². The molecule has 2 aromatic carbocycles. The van der Waals surface area contributed by atoms with Crippen LogP contribution in [-0.4, -0.2) is 16.2 Å². The Hall–Kier alpha value is -3.79. The highest BCUT2D eigenvalue weighted by atomic mass is 19.1. The van der Waals surface area contributed by atoms with E-state index in [-0.39, 0.29) is 23.0 Å². The molecule has 7 heteroatoms. The Labute approximate surface area is 148 Å². The fourth-order valence-electron chi connectivity index (χ4n) is 2.38. The lowest BCUT2D eigenvalue weighted by Gasteiger charge is -2.06. The third kappa shape index (κ3) is 3.65. The van der Waals surface area contributed by atoms with Crippen LogP contribution < -0.4 is 11.0 Å². The third-order valence-electron chi connectivity index (χ3n) is 3.68. The number of aromatic nitrogens is 2. The largest absolute Gasteiger partial charge is 0.290 e. The first-order valence-electron chi connectivity index (χ1n) is 7.73. The van der Waals surface area contributed by atoms with Crippen molar-refractivity contribution in [3.8, 4) is 17.3 Å². The third-order valence-corrected chi connectivity index (χ3v) is 3.68. The van der Waals surface area contributed by atoms with Crippen molar-refractivity contribution < 1.29 is 4.39 Å². The maximum absolute atomic E-state index is 13.1. The Morgan fingerprint density at radius 1 is 1.27 bits per heavy atom. The summed E-state index contributed by atoms with van der Waals surface area (Å²) in [5.74, 6) is -0.220. The molecule has 0 radical (unpaired) electrons. The quantitative estimate of drug-likeness (QED) is 0.560. The van der Waals surface area contributed by atoms with Crippen LogP contribution in [0, 0.1) is 24.1 Å². The van der Waals surface area contributed by atoms with E-state index in [1.165, 1.54) is 18.3 Å². The van der Waals surface area contributed by atoms with Crippen molar-refractivity contribution in [3.05, 3.63) is 81.4 Å². The van der Waals surface area contributed by atoms with E-state index in [1.54, 1.807) is 37.3 Å². The Kier molecular flexibility index (Phi) is 4.85. The number of H-pyrrole nitrogens is 1. The molecule has 2 N–H and O–H groups in total. The number of rotatable bonds is 4. The molecule has 0 fully saturated rings. The van der Waals surface area contributed by atoms with E-state index in [0.717, 1.165) is 11.1 Å². The summed E-state index contributed by atoms with van der Waals surface area (Å²) in [6.07, 6.45) is 1.50. The standard InChI is InChI=1S/C19H14FN5O/c1-12-9-15(20)8-7-14(12)11-22-25-19-23-17(13-5-3-2-4-6-13)16(10-21)18(26)24-19/h2-9,11H,1H3,(H2,23,24,25,26). The molecule has 3 rings (SSSR count). The van der Waals surface area contributed by atoms with E-state index < -0.39 is 5.56 Å². The Bertz CT molecular complexity index is 1070. The fourth-order valence-corrected chi connectivity index (χ4v) is 2.38. The average molecular weight is 347 g/mol. The number of hydrogen-bond donors (Lipinski definition) is 2. The lowest BCUT2D eigenvalue weighted by Crippen LogP contribution is -2.16. The first kappa shape index (κ1) is 17.0. The number of hydrogen-bond acceptors (Lipinski definition) is 5. The van der Waals surface area contributed by atoms with Crippen LogP contribution in [0.2, 0.25) is 0 Å². The monoisotopic (exact) mass is 347 g/mol. The minimum Gasteiger partial charge on any atom is -0.290 e. The molecule has 0 aliphatic rings. The van der Waals surface area contributed by atoms with Crippen LogP contribution in [0.25, 0.3) is 11.3 Å². The van der Waals surface area contributed by atoms with Crippen LogP contribution in [0.1, 0.15) is 16.7 Å². The van der Waals surface area contributed by atoms with Crippen molar-refractivity contribution in [2.24, 2.45) is 5.10 Å². The summed E-state index contributed by atoms with van der Waals surface area (Å²) >= 11 is 0. The average Bonchev–Trinajstić information content (AvgIpc) is 2.64. The number of nitrogens with zero attached hydrogens (tertiary/aromatic N) is 3. The minimum absolute atomic E-state index is 0.0693. The molecule has 0 aliphatic carbocycles. The van der Waals surface area contributed by atoms with Crippen LogP contribution in [0.5, 0.6) is 0 Å². The van der Waals surface area contributed by atoms with Crippen LogP contribution in [0.3, 0.4) is 0 Å². The lowest BCUT2D eigenvalue weighted by atomic mass is 10.1. The summed E-state index contributed by atoms with van der Waals surface area (Å²) in [6, 6.07) is 15.2. The molecule has 0 bridgehead atoms. The van der Waals surface area contributed by atoms with Gasteiger partial charge in [-0.05, 0) is 30.2 Å². The van der Waals surface area contributed by atoms with Crippen molar-refractivity contribution >= 4 is 12.2 Å². The molecule has 26 heavy (non-hydrogen) atoms. The maximum Gasteiger partial charge on any atom is 0.270 e. The van der Waals surface area contributed by atoms with Gasteiger partial charge in [-0.1, -0.05) is 36.4 Å². The smallest absolute Gasteiger partial charge is 0.270 e. The second kappa shape index (κ2) is 7.40. The van der Waals surface area contributed by atoms with Gasteiger partial charge in [-0.25, -0.2) is 14.8 Å². The Morgan fingerprint density at radius 2 is 2.04 bits per heavy atom. The van der Waals surface area contributed by atoms with E-state index in [4.69, 9.17) is 0 Å². The molecule has 0 amide bonds. The molecule has 0 saturated carbocycles. The van der Waals surface area contributed by atoms with Gasteiger partial charge in [0.15, 0.2) is 0 Å². The fraction of sp³-hybridized carbons (Fsp3) is 0.0526. The van der Waals surface area contributed by atoms with E-state index in [2.05, 4.69) is 20.5 Å². The Morgan fingerprint density at radius 3 is 2.73 bits per heavy atom. The summed E-state index contributed by atoms with van der Waals surface area (Å²) < 4.78 is 13.1. The van der Waals surface area contributed by atoms with E-state index in [0.29, 0.717) is 5.56 Å². The number of nitriles is 1. The predicted octanol–water partition coefficient (Wildman–Crippen LogP) is 3.20. The number of aromatic amines is 1. The number of anilines is 1. The molecular weight excluding hydrogens is 333 g/mol. The first-order valence-corrected chi connectivity index (χ1v) is 7.73. The van der Waals surface area contributed by atoms with Gasteiger partial charge in [0, 0.05) is 5.56 Å². The molecule has 0 spiro atoms. The zero-order chi connectivity index (χ0) is 18.5. The van der Waals surface area contributed by atoms with Crippen LogP contribution in [0.4, 0.5) is 10.3 Å². The number of nitrogens with one attached hydrogen (secondary N) is 2. The van der Waals surface area contributed by atoms with Crippen LogP contribution >= 0.6 is 0 Å². The molecule has 1 aromatic heterocycles. The number of halogens is 1. The molecular formula is C19H14FN5O. The van der Waals surface area contributed by atoms with Gasteiger partial charge >= 0.3 is 0 Å². The summed E-state index contributed by atoms with van der Waals surface area (Å²) in [5, 5.41) is 13.3. The first-order chi connectivity index (χ1) is 12.6. The van der Waals surface area contributed by atoms with Gasteiger partial charge in [-0.2, -0.15) is 10.4 Å². The molecule has 6 nitrogen and oxygen atoms in total. The van der Waals surface area contributed by atoms with Crippen molar-refractivity contribution in [2.75, 3.05) is 5.43 Å². The van der Waals surface area contributed by atoms with Gasteiger partial charge in [0.2, 0.25) is 5.95 Å². The Balaban J connectivity index is 1.92. The molecule has 0 unspecified atom stereocenters. The van der Waals surface area contributed by atoms with Crippen LogP contribution in [0.15, 0.2) is 58.4 Å². The lowest BCUT2D eigenvalue weighted by molar-refractivity contribution is 0.626. The van der Waals surface area contributed by atoms with E-state index >= 15 is 0 Å². The van der Waals surface area contributed by atoms with Crippen molar-refractivity contribution in [1.82, 2.24) is 9.97 Å². The zero-order valence-electron chi connectivity index (χ0n) is 13.8. The second-order valence-corrected chi connectivity index (χ2v) is 5.49. The molecule has 1 heterocycles. The number of aryl methyl sites for hydroxylation is 1. The number of benzene rings is 2. The SMILES string of the molecule is Cc1cc(F)ccc1C=NNc1nc(-c2ccccc2)c(C#N)c(=O)[nH]1. The molecule has 128 valence electrons.